The van der Waals surface area contributed by atoms with Gasteiger partial charge in [0.15, 0.2) is 0 Å². The first kappa shape index (κ1) is 14.5. The van der Waals surface area contributed by atoms with Crippen LogP contribution in [0.3, 0.4) is 0 Å². The van der Waals surface area contributed by atoms with Crippen molar-refractivity contribution in [2.45, 2.75) is 32.1 Å². The molecule has 106 valence electrons. The van der Waals surface area contributed by atoms with Crippen molar-refractivity contribution in [3.05, 3.63) is 35.4 Å². The summed E-state index contributed by atoms with van der Waals surface area (Å²) in [5.41, 5.74) is 1.93. The third-order valence-electron chi connectivity index (χ3n) is 3.56. The second-order valence-electron chi connectivity index (χ2n) is 5.44. The molecule has 1 aromatic rings. The number of hydrogen-bond acceptors (Lipinski definition) is 3. The topological polar surface area (TPSA) is 58.2 Å². The molecule has 0 amide bonds. The van der Waals surface area contributed by atoms with Crippen LogP contribution >= 0.6 is 0 Å². The van der Waals surface area contributed by atoms with Crippen molar-refractivity contribution < 1.29 is 8.42 Å². The Morgan fingerprint density at radius 3 is 2.89 bits per heavy atom. The Bertz CT molecular complexity index is 528. The summed E-state index contributed by atoms with van der Waals surface area (Å²) in [6.45, 7) is 5.80. The highest BCUT2D eigenvalue weighted by Crippen LogP contribution is 2.14. The van der Waals surface area contributed by atoms with Gasteiger partial charge in [-0.15, -0.1) is 0 Å². The van der Waals surface area contributed by atoms with Gasteiger partial charge in [-0.1, -0.05) is 36.8 Å². The highest BCUT2D eigenvalue weighted by molar-refractivity contribution is 7.88. The van der Waals surface area contributed by atoms with Crippen LogP contribution in [0, 0.1) is 12.8 Å². The molecule has 1 heterocycles. The van der Waals surface area contributed by atoms with Crippen LogP contribution in [-0.2, 0) is 15.8 Å². The lowest BCUT2D eigenvalue weighted by molar-refractivity contribution is 0.328. The highest BCUT2D eigenvalue weighted by Gasteiger charge is 2.25. The molecule has 1 saturated heterocycles. The minimum absolute atomic E-state index is 0.0519. The van der Waals surface area contributed by atoms with Gasteiger partial charge in [0.1, 0.15) is 0 Å². The summed E-state index contributed by atoms with van der Waals surface area (Å²) in [6.07, 6.45) is 0.855. The normalized spacial score (nSPS) is 24.3. The maximum absolute atomic E-state index is 12.2. The standard InChI is InChI=1S/C14H22N2O2S/c1-11-4-3-5-13(8-11)10-19(17,18)16-14-6-7-15-9-12(14)2/h3-5,8,12,14-16H,6-7,9-10H2,1-2H3. The molecule has 4 nitrogen and oxygen atoms in total. The van der Waals surface area contributed by atoms with Crippen LogP contribution in [-0.4, -0.2) is 27.5 Å². The molecule has 1 aliphatic heterocycles. The average Bonchev–Trinajstić information content (AvgIpc) is 2.31. The van der Waals surface area contributed by atoms with Crippen molar-refractivity contribution in [1.82, 2.24) is 10.0 Å². The van der Waals surface area contributed by atoms with E-state index < -0.39 is 10.0 Å². The third kappa shape index (κ3) is 4.30. The molecular weight excluding hydrogens is 260 g/mol. The van der Waals surface area contributed by atoms with E-state index in [4.69, 9.17) is 0 Å². The number of sulfonamides is 1. The number of benzene rings is 1. The smallest absolute Gasteiger partial charge is 0.216 e. The van der Waals surface area contributed by atoms with Crippen molar-refractivity contribution in [3.63, 3.8) is 0 Å². The van der Waals surface area contributed by atoms with Crippen molar-refractivity contribution in [1.29, 1.82) is 0 Å². The summed E-state index contributed by atoms with van der Waals surface area (Å²) >= 11 is 0. The van der Waals surface area contributed by atoms with E-state index >= 15 is 0 Å². The summed E-state index contributed by atoms with van der Waals surface area (Å²) in [5.74, 6) is 0.395. The van der Waals surface area contributed by atoms with E-state index in [9.17, 15) is 8.42 Å². The van der Waals surface area contributed by atoms with Crippen molar-refractivity contribution in [2.24, 2.45) is 5.92 Å². The molecule has 2 N–H and O–H groups in total. The zero-order valence-corrected chi connectivity index (χ0v) is 12.3. The van der Waals surface area contributed by atoms with E-state index in [1.54, 1.807) is 0 Å². The first-order valence-corrected chi connectivity index (χ1v) is 8.38. The van der Waals surface area contributed by atoms with Gasteiger partial charge in [-0.3, -0.25) is 0 Å². The first-order chi connectivity index (χ1) is 8.96. The van der Waals surface area contributed by atoms with Gasteiger partial charge in [0, 0.05) is 6.04 Å². The maximum atomic E-state index is 12.2. The van der Waals surface area contributed by atoms with E-state index in [1.165, 1.54) is 0 Å². The van der Waals surface area contributed by atoms with Crippen LogP contribution in [0.15, 0.2) is 24.3 Å². The molecule has 0 aromatic heterocycles. The third-order valence-corrected chi connectivity index (χ3v) is 4.93. The van der Waals surface area contributed by atoms with Crippen LogP contribution < -0.4 is 10.0 Å². The predicted octanol–water partition coefficient (Wildman–Crippen LogP) is 1.41. The molecule has 19 heavy (non-hydrogen) atoms. The van der Waals surface area contributed by atoms with E-state index in [1.807, 2.05) is 31.2 Å². The molecule has 1 aliphatic rings. The first-order valence-electron chi connectivity index (χ1n) is 6.72. The molecule has 2 atom stereocenters. The van der Waals surface area contributed by atoms with Gasteiger partial charge in [0.25, 0.3) is 0 Å². The monoisotopic (exact) mass is 282 g/mol. The number of piperidine rings is 1. The van der Waals surface area contributed by atoms with Gasteiger partial charge >= 0.3 is 0 Å². The highest BCUT2D eigenvalue weighted by atomic mass is 32.2. The fourth-order valence-corrected chi connectivity index (χ4v) is 4.00. The summed E-state index contributed by atoms with van der Waals surface area (Å²) in [6, 6.07) is 7.70. The fraction of sp³-hybridized carbons (Fsp3) is 0.571. The Hall–Kier alpha value is -0.910. The van der Waals surface area contributed by atoms with Crippen molar-refractivity contribution in [2.75, 3.05) is 13.1 Å². The SMILES string of the molecule is Cc1cccc(CS(=O)(=O)NC2CCNCC2C)c1. The molecule has 2 unspecified atom stereocenters. The molecule has 2 rings (SSSR count). The Balaban J connectivity index is 2.02. The molecule has 1 fully saturated rings. The lowest BCUT2D eigenvalue weighted by Crippen LogP contribution is -2.48. The molecular formula is C14H22N2O2S. The van der Waals surface area contributed by atoms with E-state index in [0.29, 0.717) is 5.92 Å². The van der Waals surface area contributed by atoms with E-state index in [0.717, 1.165) is 30.6 Å². The second kappa shape index (κ2) is 6.03. The molecule has 0 bridgehead atoms. The number of aryl methyl sites for hydroxylation is 1. The number of rotatable bonds is 4. The van der Waals surface area contributed by atoms with Crippen molar-refractivity contribution in [3.8, 4) is 0 Å². The minimum Gasteiger partial charge on any atom is -0.316 e. The van der Waals surface area contributed by atoms with Crippen LogP contribution in [0.4, 0.5) is 0 Å². The lowest BCUT2D eigenvalue weighted by Gasteiger charge is -2.29. The molecule has 0 radical (unpaired) electrons. The fourth-order valence-electron chi connectivity index (χ4n) is 2.48. The van der Waals surface area contributed by atoms with Crippen LogP contribution in [0.1, 0.15) is 24.5 Å². The quantitative estimate of drug-likeness (QED) is 0.878. The number of nitrogens with one attached hydrogen (secondary N) is 2. The zero-order valence-electron chi connectivity index (χ0n) is 11.5. The lowest BCUT2D eigenvalue weighted by atomic mass is 9.97. The molecule has 0 aliphatic carbocycles. The van der Waals surface area contributed by atoms with E-state index in [-0.39, 0.29) is 11.8 Å². The van der Waals surface area contributed by atoms with Crippen molar-refractivity contribution >= 4 is 10.0 Å². The molecule has 0 spiro atoms. The Kier molecular flexibility index (Phi) is 4.60. The molecule has 1 aromatic carbocycles. The Labute approximate surface area is 115 Å². The van der Waals surface area contributed by atoms with Crippen LogP contribution in [0.2, 0.25) is 0 Å². The van der Waals surface area contributed by atoms with E-state index in [2.05, 4.69) is 17.0 Å². The predicted molar refractivity (Wildman–Crippen MR) is 77.4 cm³/mol. The van der Waals surface area contributed by atoms with Crippen LogP contribution in [0.5, 0.6) is 0 Å². The Morgan fingerprint density at radius 1 is 1.42 bits per heavy atom. The summed E-state index contributed by atoms with van der Waals surface area (Å²) in [5, 5.41) is 3.27. The van der Waals surface area contributed by atoms with Gasteiger partial charge in [-0.05, 0) is 37.9 Å². The minimum atomic E-state index is -3.26. The van der Waals surface area contributed by atoms with Gasteiger partial charge in [0.05, 0.1) is 5.75 Å². The van der Waals surface area contributed by atoms with Gasteiger partial charge < -0.3 is 5.32 Å². The largest absolute Gasteiger partial charge is 0.316 e. The Morgan fingerprint density at radius 2 is 2.21 bits per heavy atom. The van der Waals surface area contributed by atoms with Gasteiger partial charge in [0.2, 0.25) is 10.0 Å². The molecule has 5 heteroatoms. The summed E-state index contributed by atoms with van der Waals surface area (Å²) < 4.78 is 27.2. The molecule has 0 saturated carbocycles. The maximum Gasteiger partial charge on any atom is 0.216 e. The van der Waals surface area contributed by atoms with Crippen LogP contribution in [0.25, 0.3) is 0 Å². The van der Waals surface area contributed by atoms with Gasteiger partial charge in [-0.25, -0.2) is 13.1 Å². The average molecular weight is 282 g/mol. The summed E-state index contributed by atoms with van der Waals surface area (Å²) in [7, 11) is -3.26. The number of hydrogen-bond donors (Lipinski definition) is 2. The summed E-state index contributed by atoms with van der Waals surface area (Å²) in [4.78, 5) is 0. The zero-order chi connectivity index (χ0) is 13.9. The van der Waals surface area contributed by atoms with Gasteiger partial charge in [-0.2, -0.15) is 0 Å². The second-order valence-corrected chi connectivity index (χ2v) is 7.20.